The molecule has 5 fully saturated rings. The fraction of sp³-hybridized carbons (Fsp3) is 0.732. The Kier molecular flexibility index (Phi) is 15.3. The van der Waals surface area contributed by atoms with Crippen LogP contribution in [-0.4, -0.2) is 148 Å². The van der Waals surface area contributed by atoms with E-state index in [0.29, 0.717) is 12.8 Å². The smallest absolute Gasteiger partial charge is 0.327 e. The highest BCUT2D eigenvalue weighted by Crippen LogP contribution is 2.58. The summed E-state index contributed by atoms with van der Waals surface area (Å²) < 4.78 is 30.8. The van der Waals surface area contributed by atoms with Gasteiger partial charge in [0, 0.05) is 38.8 Å². The molecule has 4 heterocycles. The van der Waals surface area contributed by atoms with Crippen molar-refractivity contribution in [2.45, 2.75) is 152 Å². The summed E-state index contributed by atoms with van der Waals surface area (Å²) in [6.45, 7) is 3.78. The van der Waals surface area contributed by atoms with Crippen LogP contribution in [0.4, 0.5) is 0 Å². The second-order valence-electron chi connectivity index (χ2n) is 16.0. The average Bonchev–Trinajstić information content (AvgIpc) is 3.77. The molecule has 324 valence electrons. The summed E-state index contributed by atoms with van der Waals surface area (Å²) in [5.74, 6) is -2.25. The summed E-state index contributed by atoms with van der Waals surface area (Å²) in [6.07, 6.45) is 1.05. The van der Waals surface area contributed by atoms with Crippen molar-refractivity contribution in [1.82, 2.24) is 15.7 Å². The first-order chi connectivity index (χ1) is 28.0. The Bertz CT molecular complexity index is 1550. The zero-order chi connectivity index (χ0) is 41.5. The lowest BCUT2D eigenvalue weighted by Crippen LogP contribution is -2.69. The van der Waals surface area contributed by atoms with E-state index in [2.05, 4.69) is 24.5 Å². The number of ether oxygens (including phenoxy) is 5. The molecule has 0 spiro atoms. The number of aliphatic hydroxyl groups excluding tert-OH is 5. The van der Waals surface area contributed by atoms with E-state index in [9.17, 15) is 34.8 Å². The van der Waals surface area contributed by atoms with Gasteiger partial charge in [0.2, 0.25) is 11.8 Å². The molecule has 1 saturated carbocycles. The van der Waals surface area contributed by atoms with Crippen LogP contribution in [0.2, 0.25) is 0 Å². The number of unbranched alkanes of at least 4 members (excludes halogenated alkanes) is 4. The van der Waals surface area contributed by atoms with Gasteiger partial charge in [-0.2, -0.15) is 5.06 Å². The van der Waals surface area contributed by atoms with Gasteiger partial charge < -0.3 is 59.9 Å². The van der Waals surface area contributed by atoms with Crippen molar-refractivity contribution >= 4 is 23.9 Å². The van der Waals surface area contributed by atoms with Crippen LogP contribution >= 0.6 is 0 Å². The third-order valence-electron chi connectivity index (χ3n) is 11.9. The van der Waals surface area contributed by atoms with Gasteiger partial charge in [-0.05, 0) is 24.0 Å². The van der Waals surface area contributed by atoms with E-state index in [1.54, 1.807) is 12.2 Å². The second kappa shape index (κ2) is 20.0. The molecule has 7 N–H and O–H groups in total. The number of hydrogen-bond acceptors (Lipinski definition) is 15. The van der Waals surface area contributed by atoms with Gasteiger partial charge >= 0.3 is 5.97 Å². The molecule has 4 aliphatic heterocycles. The standard InChI is InChI=1S/C41H61N3O14/c1-3-5-7-16-40(17-8-6-4-2)56-33-27-22-41(39(52)43-18-15-29(47)42-19-20-45)35(37(51)54-27)44(58-36(41)34(33)57-40)23-26-13-11-25(12-14-26)10-9-21-53-38-32(50)31(49)30(48)28(24-46)55-38/h9-14,27-28,30-36,38,45-46,48-50H,3-8,15-24H2,1-2H3,(H,42,47)(H,43,52). The van der Waals surface area contributed by atoms with Gasteiger partial charge in [0.15, 0.2) is 18.1 Å². The highest BCUT2D eigenvalue weighted by Gasteiger charge is 2.76. The van der Waals surface area contributed by atoms with Crippen molar-refractivity contribution in [1.29, 1.82) is 0 Å². The van der Waals surface area contributed by atoms with Crippen molar-refractivity contribution in [3.05, 3.63) is 41.5 Å². The molecular weight excluding hydrogens is 758 g/mol. The molecule has 2 bridgehead atoms. The first kappa shape index (κ1) is 44.5. The molecule has 0 radical (unpaired) electrons. The highest BCUT2D eigenvalue weighted by atomic mass is 16.8. The lowest BCUT2D eigenvalue weighted by Gasteiger charge is -2.48. The summed E-state index contributed by atoms with van der Waals surface area (Å²) in [5, 5.41) is 55.7. The Hall–Kier alpha value is -3.07. The number of carbonyl (C=O) groups excluding carboxylic acids is 3. The minimum absolute atomic E-state index is 0.00214. The summed E-state index contributed by atoms with van der Waals surface area (Å²) in [6, 6.07) is 6.34. The number of nitrogens with zero attached hydrogens (tertiary/aromatic N) is 1. The zero-order valence-corrected chi connectivity index (χ0v) is 33.4. The van der Waals surface area contributed by atoms with Gasteiger partial charge in [0.05, 0.1) is 26.4 Å². The number of hydrogen-bond donors (Lipinski definition) is 7. The normalized spacial score (nSPS) is 33.9. The molecule has 1 aromatic rings. The third-order valence-corrected chi connectivity index (χ3v) is 11.9. The maximum absolute atomic E-state index is 14.5. The van der Waals surface area contributed by atoms with Crippen LogP contribution in [0.1, 0.15) is 89.2 Å². The quantitative estimate of drug-likeness (QED) is 0.0664. The number of hydroxylamine groups is 2. The Morgan fingerprint density at radius 3 is 2.31 bits per heavy atom. The number of benzene rings is 1. The van der Waals surface area contributed by atoms with Crippen molar-refractivity contribution in [2.24, 2.45) is 5.41 Å². The molecule has 0 aromatic heterocycles. The van der Waals surface area contributed by atoms with Crippen LogP contribution in [0.5, 0.6) is 0 Å². The molecule has 11 atom stereocenters. The third kappa shape index (κ3) is 9.45. The minimum atomic E-state index is -1.53. The Morgan fingerprint density at radius 1 is 0.931 bits per heavy atom. The number of aliphatic hydroxyl groups is 5. The van der Waals surface area contributed by atoms with Gasteiger partial charge in [-0.3, -0.25) is 19.2 Å². The Labute approximate surface area is 338 Å². The lowest BCUT2D eigenvalue weighted by atomic mass is 9.62. The maximum atomic E-state index is 14.5. The average molecular weight is 820 g/mol. The second-order valence-corrected chi connectivity index (χ2v) is 16.0. The summed E-state index contributed by atoms with van der Waals surface area (Å²) in [7, 11) is 0. The largest absolute Gasteiger partial charge is 0.458 e. The molecule has 17 nitrogen and oxygen atoms in total. The summed E-state index contributed by atoms with van der Waals surface area (Å²) >= 11 is 0. The van der Waals surface area contributed by atoms with Crippen LogP contribution in [0.15, 0.2) is 30.3 Å². The SMILES string of the molecule is CCCCCC1(CCCCC)OC2C3CC4(C(=O)NCCC(=O)NCCO)C(ON(Cc5ccc(C=CCOC6OC(CO)C(O)C(O)C6O)cc5)C4C(=O)O3)C2O1. The number of nitrogens with one attached hydrogen (secondary N) is 2. The lowest BCUT2D eigenvalue weighted by molar-refractivity contribution is -0.298. The predicted molar refractivity (Wildman–Crippen MR) is 205 cm³/mol. The number of carbonyl (C=O) groups is 3. The van der Waals surface area contributed by atoms with E-state index in [0.717, 1.165) is 49.7 Å². The van der Waals surface area contributed by atoms with Gasteiger partial charge in [-0.1, -0.05) is 75.9 Å². The van der Waals surface area contributed by atoms with Gasteiger partial charge in [-0.25, -0.2) is 0 Å². The number of esters is 1. The molecule has 17 heteroatoms. The first-order valence-corrected chi connectivity index (χ1v) is 20.8. The molecule has 1 aromatic carbocycles. The van der Waals surface area contributed by atoms with Crippen molar-refractivity contribution in [3.8, 4) is 0 Å². The monoisotopic (exact) mass is 819 g/mol. The van der Waals surface area contributed by atoms with E-state index < -0.39 is 90.8 Å². The molecule has 2 amide bonds. The highest BCUT2D eigenvalue weighted by molar-refractivity contribution is 5.94. The molecule has 11 unspecified atom stereocenters. The van der Waals surface area contributed by atoms with E-state index >= 15 is 0 Å². The number of amides is 2. The fourth-order valence-electron chi connectivity index (χ4n) is 8.89. The summed E-state index contributed by atoms with van der Waals surface area (Å²) in [5.41, 5.74) is 0.198. The maximum Gasteiger partial charge on any atom is 0.327 e. The summed E-state index contributed by atoms with van der Waals surface area (Å²) in [4.78, 5) is 47.5. The minimum Gasteiger partial charge on any atom is -0.458 e. The molecular formula is C41H61N3O14. The fourth-order valence-corrected chi connectivity index (χ4v) is 8.89. The number of fused-ring (bicyclic) bond motifs is 4. The molecule has 6 rings (SSSR count). The predicted octanol–water partition coefficient (Wildman–Crippen LogP) is 0.572. The van der Waals surface area contributed by atoms with Crippen LogP contribution in [-0.2, 0) is 49.5 Å². The van der Waals surface area contributed by atoms with Crippen molar-refractivity contribution < 1.29 is 68.4 Å². The molecule has 4 saturated heterocycles. The molecule has 5 aliphatic rings. The molecule has 58 heavy (non-hydrogen) atoms. The van der Waals surface area contributed by atoms with Crippen LogP contribution in [0.3, 0.4) is 0 Å². The number of rotatable bonds is 21. The Morgan fingerprint density at radius 2 is 1.64 bits per heavy atom. The van der Waals surface area contributed by atoms with Crippen molar-refractivity contribution in [3.63, 3.8) is 0 Å². The van der Waals surface area contributed by atoms with Crippen molar-refractivity contribution in [2.75, 3.05) is 32.9 Å². The molecule has 1 aliphatic carbocycles. The van der Waals surface area contributed by atoms with Gasteiger partial charge in [0.1, 0.15) is 54.2 Å². The van der Waals surface area contributed by atoms with Crippen LogP contribution in [0.25, 0.3) is 6.08 Å². The van der Waals surface area contributed by atoms with Crippen LogP contribution < -0.4 is 10.6 Å². The van der Waals surface area contributed by atoms with Gasteiger partial charge in [0.25, 0.3) is 0 Å². The Balaban J connectivity index is 1.18. The van der Waals surface area contributed by atoms with Crippen LogP contribution in [0, 0.1) is 5.41 Å². The van der Waals surface area contributed by atoms with E-state index in [4.69, 9.17) is 33.6 Å². The topological polar surface area (TPSA) is 235 Å². The zero-order valence-electron chi connectivity index (χ0n) is 33.4. The first-order valence-electron chi connectivity index (χ1n) is 20.8. The van der Waals surface area contributed by atoms with E-state index in [-0.39, 0.29) is 51.6 Å². The van der Waals surface area contributed by atoms with Gasteiger partial charge in [-0.15, -0.1) is 0 Å². The van der Waals surface area contributed by atoms with E-state index in [1.165, 1.54) is 5.06 Å². The van der Waals surface area contributed by atoms with E-state index in [1.807, 2.05) is 24.3 Å².